The number of sulfonamides is 1. The lowest BCUT2D eigenvalue weighted by Crippen LogP contribution is -2.30. The predicted octanol–water partition coefficient (Wildman–Crippen LogP) is 3.67. The van der Waals surface area contributed by atoms with E-state index in [1.807, 2.05) is 0 Å². The van der Waals surface area contributed by atoms with Crippen LogP contribution in [0.1, 0.15) is 28.4 Å². The van der Waals surface area contributed by atoms with Crippen molar-refractivity contribution in [2.75, 3.05) is 21.9 Å². The maximum atomic E-state index is 12.6. The number of hydrogen-bond acceptors (Lipinski definition) is 3. The Morgan fingerprint density at radius 2 is 1.81 bits per heavy atom. The Morgan fingerprint density at radius 1 is 1.15 bits per heavy atom. The van der Waals surface area contributed by atoms with E-state index in [1.165, 1.54) is 22.5 Å². The van der Waals surface area contributed by atoms with Crippen LogP contribution >= 0.6 is 0 Å². The molecule has 9 heteroatoms. The summed E-state index contributed by atoms with van der Waals surface area (Å²) in [6.45, 7) is 1.90. The summed E-state index contributed by atoms with van der Waals surface area (Å²) in [7, 11) is -3.37. The van der Waals surface area contributed by atoms with Crippen molar-refractivity contribution in [3.05, 3.63) is 59.2 Å². The minimum absolute atomic E-state index is 0.0113. The van der Waals surface area contributed by atoms with Crippen molar-refractivity contribution >= 4 is 27.3 Å². The van der Waals surface area contributed by atoms with Crippen LogP contribution in [0.2, 0.25) is 0 Å². The quantitative estimate of drug-likeness (QED) is 0.855. The van der Waals surface area contributed by atoms with Crippen LogP contribution in [0.25, 0.3) is 0 Å². The van der Waals surface area contributed by atoms with Crippen molar-refractivity contribution in [2.24, 2.45) is 0 Å². The lowest BCUT2D eigenvalue weighted by molar-refractivity contribution is -0.137. The van der Waals surface area contributed by atoms with E-state index in [1.54, 1.807) is 19.1 Å². The number of alkyl halides is 3. The maximum Gasteiger partial charge on any atom is 0.416 e. The monoisotopic (exact) mass is 398 g/mol. The molecule has 2 aromatic carbocycles. The van der Waals surface area contributed by atoms with Gasteiger partial charge in [-0.05, 0) is 61.4 Å². The van der Waals surface area contributed by atoms with Crippen molar-refractivity contribution in [2.45, 2.75) is 19.5 Å². The molecule has 27 heavy (non-hydrogen) atoms. The van der Waals surface area contributed by atoms with Crippen LogP contribution in [-0.4, -0.2) is 26.6 Å². The molecule has 0 atom stereocenters. The summed E-state index contributed by atoms with van der Waals surface area (Å²) in [4.78, 5) is 12.4. The Balaban J connectivity index is 1.77. The number of fused-ring (bicyclic) bond motifs is 1. The highest BCUT2D eigenvalue weighted by molar-refractivity contribution is 7.92. The molecule has 144 valence electrons. The molecule has 0 aliphatic carbocycles. The molecule has 2 aromatic rings. The highest BCUT2D eigenvalue weighted by Gasteiger charge is 2.30. The number of carbonyl (C=O) groups is 1. The standard InChI is InChI=1S/C18H17F3N2O3S/c1-2-27(25,26)23-10-9-12-11-13(3-8-16(12)23)17(24)22-15-6-4-14(5-7-15)18(19,20)21/h3-8,11H,2,9-10H2,1H3,(H,22,24). The SMILES string of the molecule is CCS(=O)(=O)N1CCc2cc(C(=O)Nc3ccc(C(F)(F)F)cc3)ccc21. The number of benzene rings is 2. The van der Waals surface area contributed by atoms with Gasteiger partial charge in [-0.2, -0.15) is 13.2 Å². The lowest BCUT2D eigenvalue weighted by Gasteiger charge is -2.18. The van der Waals surface area contributed by atoms with Crippen molar-refractivity contribution < 1.29 is 26.4 Å². The van der Waals surface area contributed by atoms with E-state index in [-0.39, 0.29) is 11.4 Å². The Bertz CT molecular complexity index is 970. The first-order chi connectivity index (χ1) is 12.6. The molecule has 1 N–H and O–H groups in total. The Kier molecular flexibility index (Phi) is 4.90. The van der Waals surface area contributed by atoms with E-state index in [0.29, 0.717) is 24.2 Å². The number of halogens is 3. The first-order valence-electron chi connectivity index (χ1n) is 8.24. The third kappa shape index (κ3) is 3.92. The van der Waals surface area contributed by atoms with Gasteiger partial charge in [0.15, 0.2) is 0 Å². The number of rotatable bonds is 4. The second-order valence-electron chi connectivity index (χ2n) is 6.10. The highest BCUT2D eigenvalue weighted by Crippen LogP contribution is 2.32. The van der Waals surface area contributed by atoms with E-state index in [2.05, 4.69) is 5.32 Å². The van der Waals surface area contributed by atoms with Crippen LogP contribution in [0, 0.1) is 0 Å². The van der Waals surface area contributed by atoms with Crippen molar-refractivity contribution in [3.63, 3.8) is 0 Å². The molecule has 0 unspecified atom stereocenters. The molecule has 0 saturated heterocycles. The summed E-state index contributed by atoms with van der Waals surface area (Å²) in [6.07, 6.45) is -3.94. The Labute approximate surface area is 154 Å². The van der Waals surface area contributed by atoms with Gasteiger partial charge in [0, 0.05) is 17.8 Å². The van der Waals surface area contributed by atoms with Gasteiger partial charge in [0.25, 0.3) is 5.91 Å². The van der Waals surface area contributed by atoms with Crippen molar-refractivity contribution in [1.82, 2.24) is 0 Å². The maximum absolute atomic E-state index is 12.6. The van der Waals surface area contributed by atoms with Crippen LogP contribution in [-0.2, 0) is 22.6 Å². The number of anilines is 2. The largest absolute Gasteiger partial charge is 0.416 e. The van der Waals surface area contributed by atoms with Crippen molar-refractivity contribution in [3.8, 4) is 0 Å². The fourth-order valence-electron chi connectivity index (χ4n) is 2.90. The summed E-state index contributed by atoms with van der Waals surface area (Å²) in [5.74, 6) is -0.489. The van der Waals surface area contributed by atoms with Gasteiger partial charge >= 0.3 is 6.18 Å². The number of carbonyl (C=O) groups excluding carboxylic acids is 1. The average molecular weight is 398 g/mol. The van der Waals surface area contributed by atoms with Crippen LogP contribution < -0.4 is 9.62 Å². The molecule has 3 rings (SSSR count). The molecule has 1 aliphatic heterocycles. The summed E-state index contributed by atoms with van der Waals surface area (Å²) in [6, 6.07) is 8.85. The number of hydrogen-bond donors (Lipinski definition) is 1. The average Bonchev–Trinajstić information content (AvgIpc) is 3.05. The van der Waals surface area contributed by atoms with Crippen LogP contribution in [0.5, 0.6) is 0 Å². The fourth-order valence-corrected chi connectivity index (χ4v) is 4.06. The topological polar surface area (TPSA) is 66.5 Å². The van der Waals surface area contributed by atoms with E-state index in [9.17, 15) is 26.4 Å². The molecule has 5 nitrogen and oxygen atoms in total. The molecule has 1 heterocycles. The van der Waals surface area contributed by atoms with E-state index in [4.69, 9.17) is 0 Å². The zero-order valence-corrected chi connectivity index (χ0v) is 15.2. The third-order valence-corrected chi connectivity index (χ3v) is 6.15. The Morgan fingerprint density at radius 3 is 2.41 bits per heavy atom. The molecule has 0 saturated carbocycles. The van der Waals surface area contributed by atoms with Gasteiger partial charge < -0.3 is 5.32 Å². The molecule has 0 bridgehead atoms. The predicted molar refractivity (Wildman–Crippen MR) is 96.4 cm³/mol. The third-order valence-electron chi connectivity index (χ3n) is 4.37. The van der Waals surface area contributed by atoms with Gasteiger partial charge in [-0.15, -0.1) is 0 Å². The molecule has 1 aliphatic rings. The molecule has 0 aromatic heterocycles. The van der Waals surface area contributed by atoms with Crippen LogP contribution in [0.15, 0.2) is 42.5 Å². The molecular weight excluding hydrogens is 381 g/mol. The first kappa shape index (κ1) is 19.2. The summed E-state index contributed by atoms with van der Waals surface area (Å²) >= 11 is 0. The van der Waals surface area contributed by atoms with Crippen LogP contribution in [0.3, 0.4) is 0 Å². The van der Waals surface area contributed by atoms with E-state index < -0.39 is 27.7 Å². The molecule has 0 fully saturated rings. The Hall–Kier alpha value is -2.55. The zero-order valence-electron chi connectivity index (χ0n) is 14.4. The van der Waals surface area contributed by atoms with Gasteiger partial charge in [0.1, 0.15) is 0 Å². The fraction of sp³-hybridized carbons (Fsp3) is 0.278. The van der Waals surface area contributed by atoms with E-state index >= 15 is 0 Å². The van der Waals surface area contributed by atoms with Gasteiger partial charge in [0.05, 0.1) is 17.0 Å². The number of nitrogens with one attached hydrogen (secondary N) is 1. The number of amides is 1. The van der Waals surface area contributed by atoms with Gasteiger partial charge in [-0.25, -0.2) is 8.42 Å². The minimum atomic E-state index is -4.44. The smallest absolute Gasteiger partial charge is 0.322 e. The van der Waals surface area contributed by atoms with Crippen LogP contribution in [0.4, 0.5) is 24.5 Å². The molecule has 0 radical (unpaired) electrons. The van der Waals surface area contributed by atoms with Gasteiger partial charge in [0.2, 0.25) is 10.0 Å². The highest BCUT2D eigenvalue weighted by atomic mass is 32.2. The van der Waals surface area contributed by atoms with Gasteiger partial charge in [-0.3, -0.25) is 9.10 Å². The molecular formula is C18H17F3N2O3S. The van der Waals surface area contributed by atoms with Crippen molar-refractivity contribution in [1.29, 1.82) is 0 Å². The second-order valence-corrected chi connectivity index (χ2v) is 8.28. The normalized spacial score (nSPS) is 14.1. The zero-order chi connectivity index (χ0) is 19.8. The molecule has 1 amide bonds. The summed E-state index contributed by atoms with van der Waals surface area (Å²) in [5, 5.41) is 2.54. The minimum Gasteiger partial charge on any atom is -0.322 e. The van der Waals surface area contributed by atoms with E-state index in [0.717, 1.165) is 17.7 Å². The lowest BCUT2D eigenvalue weighted by atomic mass is 10.1. The summed E-state index contributed by atoms with van der Waals surface area (Å²) in [5.41, 5.74) is 1.05. The summed E-state index contributed by atoms with van der Waals surface area (Å²) < 4.78 is 63.3. The number of nitrogens with zero attached hydrogens (tertiary/aromatic N) is 1. The first-order valence-corrected chi connectivity index (χ1v) is 9.84. The molecule has 0 spiro atoms. The van der Waals surface area contributed by atoms with Gasteiger partial charge in [-0.1, -0.05) is 0 Å². The second kappa shape index (κ2) is 6.88.